The second-order valence-corrected chi connectivity index (χ2v) is 8.65. The van der Waals surface area contributed by atoms with Crippen molar-refractivity contribution in [1.29, 1.82) is 0 Å². The van der Waals surface area contributed by atoms with Gasteiger partial charge in [0.05, 0.1) is 13.7 Å². The molecule has 2 nitrogen and oxygen atoms in total. The van der Waals surface area contributed by atoms with Crippen molar-refractivity contribution in [3.8, 4) is 22.6 Å². The molecule has 0 amide bonds. The highest BCUT2D eigenvalue weighted by Crippen LogP contribution is 2.39. The Kier molecular flexibility index (Phi) is 7.61. The summed E-state index contributed by atoms with van der Waals surface area (Å²) in [6.45, 7) is 2.35. The Hall–Kier alpha value is -3.21. The molecule has 0 saturated heterocycles. The normalized spacial score (nSPS) is 18.3. The third-order valence-corrected chi connectivity index (χ3v) is 6.56. The van der Waals surface area contributed by atoms with E-state index in [2.05, 4.69) is 0 Å². The maximum atomic E-state index is 15.0. The van der Waals surface area contributed by atoms with Crippen molar-refractivity contribution >= 4 is 6.08 Å². The number of halogens is 3. The largest absolute Gasteiger partial charge is 0.497 e. The van der Waals surface area contributed by atoms with Crippen molar-refractivity contribution in [3.63, 3.8) is 0 Å². The van der Waals surface area contributed by atoms with Gasteiger partial charge in [0.2, 0.25) is 0 Å². The number of allylic oxidation sites excluding steroid dienone is 1. The Morgan fingerprint density at radius 2 is 1.56 bits per heavy atom. The van der Waals surface area contributed by atoms with E-state index in [4.69, 9.17) is 9.47 Å². The van der Waals surface area contributed by atoms with E-state index in [9.17, 15) is 8.78 Å². The average Bonchev–Trinajstić information content (AvgIpc) is 2.86. The fraction of sp³-hybridized carbons (Fsp3) is 0.310. The minimum absolute atomic E-state index is 0.0220. The van der Waals surface area contributed by atoms with Crippen molar-refractivity contribution in [2.75, 3.05) is 13.7 Å². The van der Waals surface area contributed by atoms with Crippen LogP contribution in [0, 0.1) is 23.4 Å². The standard InChI is InChI=1S/C29H29F3O2/c1-3-34-24-15-12-22(27(30)18-24)9-6-19-4-7-20(8-5-19)25-16-17-26(29(32)28(25)31)21-10-13-23(33-2)14-11-21/h6,9-20H,3-5,7-8H2,1-2H3/b9-6+. The molecule has 1 fully saturated rings. The van der Waals surface area contributed by atoms with Crippen LogP contribution in [0.1, 0.15) is 49.7 Å². The summed E-state index contributed by atoms with van der Waals surface area (Å²) in [6.07, 6.45) is 7.05. The number of ether oxygens (including phenoxy) is 2. The fourth-order valence-corrected chi connectivity index (χ4v) is 4.64. The first-order chi connectivity index (χ1) is 16.5. The summed E-state index contributed by atoms with van der Waals surface area (Å²) in [5.41, 5.74) is 1.82. The second kappa shape index (κ2) is 10.8. The van der Waals surface area contributed by atoms with Crippen LogP contribution in [0.25, 0.3) is 17.2 Å². The zero-order valence-corrected chi connectivity index (χ0v) is 19.5. The highest BCUT2D eigenvalue weighted by atomic mass is 19.2. The van der Waals surface area contributed by atoms with Crippen molar-refractivity contribution < 1.29 is 22.6 Å². The molecule has 178 valence electrons. The Balaban J connectivity index is 1.41. The maximum absolute atomic E-state index is 15.0. The lowest BCUT2D eigenvalue weighted by atomic mass is 9.78. The van der Waals surface area contributed by atoms with E-state index in [1.807, 2.05) is 13.0 Å². The van der Waals surface area contributed by atoms with E-state index in [0.29, 0.717) is 34.8 Å². The third-order valence-electron chi connectivity index (χ3n) is 6.56. The molecule has 0 atom stereocenters. The van der Waals surface area contributed by atoms with E-state index in [0.717, 1.165) is 25.7 Å². The van der Waals surface area contributed by atoms with Crippen LogP contribution in [0.3, 0.4) is 0 Å². The van der Waals surface area contributed by atoms with Gasteiger partial charge in [-0.3, -0.25) is 0 Å². The quantitative estimate of drug-likeness (QED) is 0.350. The van der Waals surface area contributed by atoms with Gasteiger partial charge >= 0.3 is 0 Å². The van der Waals surface area contributed by atoms with Gasteiger partial charge in [0.15, 0.2) is 11.6 Å². The minimum Gasteiger partial charge on any atom is -0.497 e. The molecule has 0 spiro atoms. The second-order valence-electron chi connectivity index (χ2n) is 8.65. The van der Waals surface area contributed by atoms with Gasteiger partial charge in [0.1, 0.15) is 17.3 Å². The molecule has 1 aliphatic rings. The average molecular weight is 467 g/mol. The van der Waals surface area contributed by atoms with Crippen molar-refractivity contribution in [1.82, 2.24) is 0 Å². The first kappa shape index (κ1) is 23.9. The smallest absolute Gasteiger partial charge is 0.166 e. The first-order valence-electron chi connectivity index (χ1n) is 11.7. The van der Waals surface area contributed by atoms with Crippen LogP contribution in [0.15, 0.2) is 60.7 Å². The summed E-state index contributed by atoms with van der Waals surface area (Å²) >= 11 is 0. The Labute approximate surface area is 199 Å². The molecule has 34 heavy (non-hydrogen) atoms. The summed E-state index contributed by atoms with van der Waals surface area (Å²) in [5.74, 6) is -0.438. The number of benzene rings is 3. The predicted molar refractivity (Wildman–Crippen MR) is 130 cm³/mol. The zero-order chi connectivity index (χ0) is 24.1. The highest BCUT2D eigenvalue weighted by Gasteiger charge is 2.25. The molecule has 1 aliphatic carbocycles. The summed E-state index contributed by atoms with van der Waals surface area (Å²) in [7, 11) is 1.56. The lowest BCUT2D eigenvalue weighted by molar-refractivity contribution is 0.338. The minimum atomic E-state index is -0.810. The van der Waals surface area contributed by atoms with E-state index in [1.165, 1.54) is 6.07 Å². The number of hydrogen-bond acceptors (Lipinski definition) is 2. The van der Waals surface area contributed by atoms with Gasteiger partial charge in [0, 0.05) is 17.2 Å². The molecular formula is C29H29F3O2. The van der Waals surface area contributed by atoms with Gasteiger partial charge in [-0.2, -0.15) is 0 Å². The molecule has 0 aliphatic heterocycles. The fourth-order valence-electron chi connectivity index (χ4n) is 4.64. The molecule has 5 heteroatoms. The Bertz CT molecular complexity index is 1150. The van der Waals surface area contributed by atoms with Crippen LogP contribution < -0.4 is 9.47 Å². The highest BCUT2D eigenvalue weighted by molar-refractivity contribution is 5.65. The van der Waals surface area contributed by atoms with E-state index >= 15 is 4.39 Å². The molecule has 0 heterocycles. The Morgan fingerprint density at radius 3 is 2.21 bits per heavy atom. The number of rotatable bonds is 7. The molecule has 4 rings (SSSR count). The van der Waals surface area contributed by atoms with Gasteiger partial charge in [-0.05, 0) is 79.8 Å². The van der Waals surface area contributed by atoms with Crippen molar-refractivity contribution in [3.05, 3.63) is 89.3 Å². The van der Waals surface area contributed by atoms with Crippen molar-refractivity contribution in [2.45, 2.75) is 38.5 Å². The van der Waals surface area contributed by atoms with Crippen molar-refractivity contribution in [2.24, 2.45) is 5.92 Å². The maximum Gasteiger partial charge on any atom is 0.166 e. The van der Waals surface area contributed by atoms with Crippen LogP contribution in [0.2, 0.25) is 0 Å². The van der Waals surface area contributed by atoms with Gasteiger partial charge in [-0.25, -0.2) is 13.2 Å². The first-order valence-corrected chi connectivity index (χ1v) is 11.7. The molecular weight excluding hydrogens is 437 g/mol. The number of hydrogen-bond donors (Lipinski definition) is 0. The zero-order valence-electron chi connectivity index (χ0n) is 19.5. The van der Waals surface area contributed by atoms with Gasteiger partial charge in [-0.1, -0.05) is 36.4 Å². The SMILES string of the molecule is CCOc1ccc(/C=C/C2CCC(c3ccc(-c4ccc(OC)cc4)c(F)c3F)CC2)c(F)c1. The molecule has 3 aromatic carbocycles. The van der Waals surface area contributed by atoms with Crippen LogP contribution in [-0.2, 0) is 0 Å². The monoisotopic (exact) mass is 466 g/mol. The Morgan fingerprint density at radius 1 is 0.853 bits per heavy atom. The van der Waals surface area contributed by atoms with Crippen LogP contribution in [0.5, 0.6) is 11.5 Å². The third kappa shape index (κ3) is 5.30. The summed E-state index contributed by atoms with van der Waals surface area (Å²) in [6, 6.07) is 15.2. The molecule has 0 bridgehead atoms. The number of methoxy groups -OCH3 is 1. The molecule has 0 radical (unpaired) electrons. The molecule has 0 aromatic heterocycles. The van der Waals surface area contributed by atoms with Crippen LogP contribution in [-0.4, -0.2) is 13.7 Å². The molecule has 3 aromatic rings. The summed E-state index contributed by atoms with van der Waals surface area (Å²) in [4.78, 5) is 0. The van der Waals surface area contributed by atoms with Gasteiger partial charge in [-0.15, -0.1) is 0 Å². The van der Waals surface area contributed by atoms with E-state index in [-0.39, 0.29) is 23.2 Å². The molecule has 1 saturated carbocycles. The van der Waals surface area contributed by atoms with E-state index < -0.39 is 11.6 Å². The lowest BCUT2D eigenvalue weighted by Gasteiger charge is -2.27. The van der Waals surface area contributed by atoms with Crippen LogP contribution >= 0.6 is 0 Å². The summed E-state index contributed by atoms with van der Waals surface area (Å²) < 4.78 is 54.7. The van der Waals surface area contributed by atoms with Crippen LogP contribution in [0.4, 0.5) is 13.2 Å². The van der Waals surface area contributed by atoms with Gasteiger partial charge in [0.25, 0.3) is 0 Å². The summed E-state index contributed by atoms with van der Waals surface area (Å²) in [5, 5.41) is 0. The molecule has 0 N–H and O–H groups in total. The lowest BCUT2D eigenvalue weighted by Crippen LogP contribution is -2.13. The predicted octanol–water partition coefficient (Wildman–Crippen LogP) is 8.17. The molecule has 0 unspecified atom stereocenters. The van der Waals surface area contributed by atoms with Gasteiger partial charge < -0.3 is 9.47 Å². The van der Waals surface area contributed by atoms with E-state index in [1.54, 1.807) is 61.7 Å². The topological polar surface area (TPSA) is 18.5 Å².